The molecule has 1 amide bonds. The van der Waals surface area contributed by atoms with Gasteiger partial charge in [-0.05, 0) is 47.9 Å². The first-order chi connectivity index (χ1) is 17.0. The van der Waals surface area contributed by atoms with E-state index < -0.39 is 11.2 Å². The smallest absolute Gasteiger partial charge is 0.332 e. The Morgan fingerprint density at radius 3 is 2.51 bits per heavy atom. The molecule has 0 fully saturated rings. The fourth-order valence-corrected chi connectivity index (χ4v) is 3.79. The molecule has 0 aliphatic carbocycles. The first-order valence-corrected chi connectivity index (χ1v) is 11.0. The van der Waals surface area contributed by atoms with Gasteiger partial charge in [0, 0.05) is 25.1 Å². The Hall–Kier alpha value is -4.47. The van der Waals surface area contributed by atoms with Gasteiger partial charge in [-0.3, -0.25) is 23.7 Å². The number of nitrogens with zero attached hydrogens (tertiary/aromatic N) is 4. The van der Waals surface area contributed by atoms with Gasteiger partial charge in [0.1, 0.15) is 6.54 Å². The van der Waals surface area contributed by atoms with Gasteiger partial charge >= 0.3 is 5.69 Å². The number of methoxy groups -OCH3 is 2. The fourth-order valence-electron chi connectivity index (χ4n) is 3.79. The zero-order chi connectivity index (χ0) is 24.8. The minimum atomic E-state index is -0.589. The van der Waals surface area contributed by atoms with Crippen molar-refractivity contribution in [3.05, 3.63) is 93.0 Å². The minimum absolute atomic E-state index is 0.0267. The van der Waals surface area contributed by atoms with Crippen LogP contribution in [0.1, 0.15) is 11.1 Å². The number of carbonyl (C=O) groups excluding carboxylic acids is 1. The van der Waals surface area contributed by atoms with Crippen LogP contribution in [0.2, 0.25) is 0 Å². The lowest BCUT2D eigenvalue weighted by atomic mass is 10.1. The lowest BCUT2D eigenvalue weighted by Crippen LogP contribution is -2.43. The zero-order valence-electron chi connectivity index (χ0n) is 19.4. The molecule has 1 aromatic carbocycles. The Bertz CT molecular complexity index is 1460. The number of hydrogen-bond acceptors (Lipinski definition) is 7. The predicted octanol–water partition coefficient (Wildman–Crippen LogP) is 1.38. The van der Waals surface area contributed by atoms with E-state index >= 15 is 0 Å². The molecule has 1 N–H and O–H groups in total. The van der Waals surface area contributed by atoms with E-state index in [0.29, 0.717) is 35.5 Å². The molecule has 0 saturated carbocycles. The molecule has 10 heteroatoms. The summed E-state index contributed by atoms with van der Waals surface area (Å²) in [5.41, 5.74) is 0.968. The average molecular weight is 476 g/mol. The molecule has 4 aromatic rings. The topological polar surface area (TPSA) is 117 Å². The summed E-state index contributed by atoms with van der Waals surface area (Å²) in [6.07, 6.45) is 5.23. The normalized spacial score (nSPS) is 10.8. The van der Waals surface area contributed by atoms with Crippen molar-refractivity contribution in [1.82, 2.24) is 24.4 Å². The average Bonchev–Trinajstić information content (AvgIpc) is 2.89. The maximum absolute atomic E-state index is 13.2. The van der Waals surface area contributed by atoms with Gasteiger partial charge in [0.05, 0.1) is 26.3 Å². The van der Waals surface area contributed by atoms with E-state index in [1.165, 1.54) is 10.8 Å². The van der Waals surface area contributed by atoms with Crippen LogP contribution in [0.5, 0.6) is 11.5 Å². The number of ether oxygens (including phenoxy) is 2. The fraction of sp³-hybridized carbons (Fsp3) is 0.240. The highest BCUT2D eigenvalue weighted by Crippen LogP contribution is 2.27. The Morgan fingerprint density at radius 1 is 0.971 bits per heavy atom. The van der Waals surface area contributed by atoms with Crippen molar-refractivity contribution in [1.29, 1.82) is 0 Å². The second kappa shape index (κ2) is 10.6. The van der Waals surface area contributed by atoms with Gasteiger partial charge in [-0.25, -0.2) is 9.78 Å². The van der Waals surface area contributed by atoms with E-state index in [9.17, 15) is 14.4 Å². The summed E-state index contributed by atoms with van der Waals surface area (Å²) in [7, 11) is 3.13. The van der Waals surface area contributed by atoms with E-state index in [1.54, 1.807) is 56.9 Å². The largest absolute Gasteiger partial charge is 0.493 e. The number of nitrogens with one attached hydrogen (secondary N) is 1. The molecule has 180 valence electrons. The Balaban J connectivity index is 1.54. The maximum Gasteiger partial charge on any atom is 0.332 e. The highest BCUT2D eigenvalue weighted by molar-refractivity contribution is 5.79. The number of hydrogen-bond donors (Lipinski definition) is 1. The molecule has 10 nitrogen and oxygen atoms in total. The summed E-state index contributed by atoms with van der Waals surface area (Å²) < 4.78 is 12.9. The lowest BCUT2D eigenvalue weighted by Gasteiger charge is -2.14. The summed E-state index contributed by atoms with van der Waals surface area (Å²) in [6, 6.07) is 12.3. The number of rotatable bonds is 9. The molecule has 3 aromatic heterocycles. The molecule has 0 unspecified atom stereocenters. The number of carbonyl (C=O) groups is 1. The molecule has 0 radical (unpaired) electrons. The van der Waals surface area contributed by atoms with Crippen molar-refractivity contribution in [2.75, 3.05) is 20.8 Å². The molecular weight excluding hydrogens is 450 g/mol. The van der Waals surface area contributed by atoms with Crippen molar-refractivity contribution in [2.24, 2.45) is 0 Å². The third-order valence-electron chi connectivity index (χ3n) is 5.54. The van der Waals surface area contributed by atoms with Crippen LogP contribution in [0.15, 0.2) is 70.6 Å². The first kappa shape index (κ1) is 23.7. The van der Waals surface area contributed by atoms with E-state index in [-0.39, 0.29) is 24.5 Å². The van der Waals surface area contributed by atoms with Gasteiger partial charge in [0.2, 0.25) is 5.91 Å². The van der Waals surface area contributed by atoms with Crippen LogP contribution in [0.4, 0.5) is 0 Å². The summed E-state index contributed by atoms with van der Waals surface area (Å²) in [5, 5.41) is 2.83. The third-order valence-corrected chi connectivity index (χ3v) is 5.54. The van der Waals surface area contributed by atoms with Crippen molar-refractivity contribution in [2.45, 2.75) is 19.5 Å². The van der Waals surface area contributed by atoms with Crippen molar-refractivity contribution < 1.29 is 14.3 Å². The minimum Gasteiger partial charge on any atom is -0.493 e. The van der Waals surface area contributed by atoms with Gasteiger partial charge in [-0.1, -0.05) is 12.1 Å². The molecule has 0 atom stereocenters. The standard InChI is InChI=1S/C25H25N5O5/c1-34-20-8-7-17(13-21(20)35-2)9-12-27-22(31)16-29-19-6-4-11-28-23(19)24(32)30(25(29)33)15-18-5-3-10-26-14-18/h3-8,10-11,13-14H,9,12,15-16H2,1-2H3,(H,27,31). The van der Waals surface area contributed by atoms with Gasteiger partial charge in [-0.15, -0.1) is 0 Å². The SMILES string of the molecule is COc1ccc(CCNC(=O)Cn2c(=O)n(Cc3cccnc3)c(=O)c3ncccc32)cc1OC. The van der Waals surface area contributed by atoms with Gasteiger partial charge in [0.15, 0.2) is 17.0 Å². The highest BCUT2D eigenvalue weighted by Gasteiger charge is 2.16. The number of pyridine rings is 2. The zero-order valence-corrected chi connectivity index (χ0v) is 19.4. The Morgan fingerprint density at radius 2 is 1.77 bits per heavy atom. The van der Waals surface area contributed by atoms with Gasteiger partial charge in [-0.2, -0.15) is 0 Å². The first-order valence-electron chi connectivity index (χ1n) is 11.0. The summed E-state index contributed by atoms with van der Waals surface area (Å²) in [4.78, 5) is 47.1. The summed E-state index contributed by atoms with van der Waals surface area (Å²) >= 11 is 0. The summed E-state index contributed by atoms with van der Waals surface area (Å²) in [6.45, 7) is 0.133. The van der Waals surface area contributed by atoms with E-state index in [2.05, 4.69) is 15.3 Å². The van der Waals surface area contributed by atoms with Crippen LogP contribution in [0.25, 0.3) is 11.0 Å². The number of amides is 1. The van der Waals surface area contributed by atoms with Crippen LogP contribution >= 0.6 is 0 Å². The number of fused-ring (bicyclic) bond motifs is 1. The van der Waals surface area contributed by atoms with Gasteiger partial charge in [0.25, 0.3) is 5.56 Å². The Kier molecular flexibility index (Phi) is 7.20. The molecule has 0 spiro atoms. The van der Waals surface area contributed by atoms with Crippen molar-refractivity contribution >= 4 is 16.9 Å². The van der Waals surface area contributed by atoms with Crippen LogP contribution < -0.4 is 26.0 Å². The van der Waals surface area contributed by atoms with Crippen molar-refractivity contribution in [3.63, 3.8) is 0 Å². The van der Waals surface area contributed by atoms with Crippen LogP contribution in [0, 0.1) is 0 Å². The van der Waals surface area contributed by atoms with E-state index in [0.717, 1.165) is 10.1 Å². The lowest BCUT2D eigenvalue weighted by molar-refractivity contribution is -0.121. The van der Waals surface area contributed by atoms with Crippen LogP contribution in [0.3, 0.4) is 0 Å². The second-order valence-electron chi connectivity index (χ2n) is 7.78. The molecule has 3 heterocycles. The number of aromatic nitrogens is 4. The van der Waals surface area contributed by atoms with Crippen LogP contribution in [-0.2, 0) is 24.3 Å². The van der Waals surface area contributed by atoms with Crippen molar-refractivity contribution in [3.8, 4) is 11.5 Å². The quantitative estimate of drug-likeness (QED) is 0.389. The maximum atomic E-state index is 13.2. The van der Waals surface area contributed by atoms with E-state index in [4.69, 9.17) is 9.47 Å². The Labute approximate surface area is 200 Å². The monoisotopic (exact) mass is 475 g/mol. The van der Waals surface area contributed by atoms with Gasteiger partial charge < -0.3 is 14.8 Å². The molecule has 0 saturated heterocycles. The molecule has 0 aliphatic heterocycles. The third kappa shape index (κ3) is 5.21. The predicted molar refractivity (Wildman–Crippen MR) is 130 cm³/mol. The second-order valence-corrected chi connectivity index (χ2v) is 7.78. The molecular formula is C25H25N5O5. The molecule has 0 bridgehead atoms. The summed E-state index contributed by atoms with van der Waals surface area (Å²) in [5.74, 6) is 0.878. The van der Waals surface area contributed by atoms with Crippen LogP contribution in [-0.4, -0.2) is 45.8 Å². The molecule has 4 rings (SSSR count). The number of benzene rings is 1. The molecule has 35 heavy (non-hydrogen) atoms. The van der Waals surface area contributed by atoms with E-state index in [1.807, 2.05) is 12.1 Å². The highest BCUT2D eigenvalue weighted by atomic mass is 16.5. The molecule has 0 aliphatic rings.